The van der Waals surface area contributed by atoms with Gasteiger partial charge in [-0.1, -0.05) is 26.8 Å². The monoisotopic (exact) mass is 435 g/mol. The molecule has 0 spiro atoms. The van der Waals surface area contributed by atoms with Gasteiger partial charge in [-0.3, -0.25) is 0 Å². The van der Waals surface area contributed by atoms with Gasteiger partial charge >= 0.3 is 0 Å². The summed E-state index contributed by atoms with van der Waals surface area (Å²) in [6.45, 7) is 10.4. The smallest absolute Gasteiger partial charge is 0.173 e. The highest BCUT2D eigenvalue weighted by Gasteiger charge is 2.50. The van der Waals surface area contributed by atoms with Gasteiger partial charge in [-0.25, -0.2) is 4.98 Å². The third-order valence-corrected chi connectivity index (χ3v) is 8.01. The fraction of sp³-hybridized carbons (Fsp3) is 0.440. The van der Waals surface area contributed by atoms with Crippen LogP contribution in [0.1, 0.15) is 45.6 Å². The molecule has 1 saturated carbocycles. The van der Waals surface area contributed by atoms with Crippen LogP contribution in [0.25, 0.3) is 20.8 Å². The Balaban J connectivity index is 1.31. The first kappa shape index (κ1) is 20.0. The molecule has 2 unspecified atom stereocenters. The molecule has 30 heavy (non-hydrogen) atoms. The molecular formula is C25H29N3S2. The molecular weight excluding hydrogens is 406 g/mol. The van der Waals surface area contributed by atoms with Crippen molar-refractivity contribution >= 4 is 44.6 Å². The predicted octanol–water partition coefficient (Wildman–Crippen LogP) is 6.87. The second-order valence-electron chi connectivity index (χ2n) is 10.3. The molecule has 2 bridgehead atoms. The third-order valence-electron chi connectivity index (χ3n) is 6.60. The normalized spacial score (nSPS) is 24.9. The van der Waals surface area contributed by atoms with Gasteiger partial charge in [-0.05, 0) is 91.2 Å². The Kier molecular flexibility index (Phi) is 4.67. The molecule has 156 valence electrons. The van der Waals surface area contributed by atoms with Crippen LogP contribution in [0.3, 0.4) is 0 Å². The molecule has 1 aliphatic heterocycles. The van der Waals surface area contributed by atoms with Crippen LogP contribution < -0.4 is 5.32 Å². The van der Waals surface area contributed by atoms with Crippen LogP contribution >= 0.6 is 23.6 Å². The van der Waals surface area contributed by atoms with Gasteiger partial charge in [0.1, 0.15) is 5.01 Å². The highest BCUT2D eigenvalue weighted by Crippen LogP contribution is 2.52. The lowest BCUT2D eigenvalue weighted by Gasteiger charge is -2.39. The van der Waals surface area contributed by atoms with Gasteiger partial charge in [0.15, 0.2) is 5.11 Å². The molecule has 1 N–H and O–H groups in total. The summed E-state index contributed by atoms with van der Waals surface area (Å²) in [5.41, 5.74) is 5.32. The van der Waals surface area contributed by atoms with Gasteiger partial charge in [0.25, 0.3) is 0 Å². The van der Waals surface area contributed by atoms with Crippen LogP contribution in [0.5, 0.6) is 0 Å². The number of thiocarbonyl (C=S) groups is 1. The fourth-order valence-electron chi connectivity index (χ4n) is 5.74. The number of benzene rings is 2. The van der Waals surface area contributed by atoms with Crippen LogP contribution in [0.4, 0.5) is 5.69 Å². The van der Waals surface area contributed by atoms with Crippen LogP contribution in [-0.2, 0) is 0 Å². The first-order valence-electron chi connectivity index (χ1n) is 10.8. The van der Waals surface area contributed by atoms with E-state index in [1.165, 1.54) is 29.5 Å². The van der Waals surface area contributed by atoms with Crippen molar-refractivity contribution < 1.29 is 0 Å². The summed E-state index contributed by atoms with van der Waals surface area (Å²) in [5.74, 6) is 0. The Hall–Kier alpha value is -1.98. The van der Waals surface area contributed by atoms with Crippen molar-refractivity contribution in [2.45, 2.75) is 53.0 Å². The van der Waals surface area contributed by atoms with E-state index >= 15 is 0 Å². The van der Waals surface area contributed by atoms with Crippen molar-refractivity contribution in [3.05, 3.63) is 48.0 Å². The Morgan fingerprint density at radius 1 is 1.13 bits per heavy atom. The van der Waals surface area contributed by atoms with Gasteiger partial charge in [-0.2, -0.15) is 0 Å². The first-order valence-corrected chi connectivity index (χ1v) is 12.0. The van der Waals surface area contributed by atoms with E-state index in [-0.39, 0.29) is 0 Å². The van der Waals surface area contributed by atoms with Crippen LogP contribution in [0.15, 0.2) is 42.5 Å². The number of likely N-dealkylation sites (tertiary alicyclic amines) is 1. The number of anilines is 1. The van der Waals surface area contributed by atoms with E-state index in [9.17, 15) is 0 Å². The SMILES string of the molecule is Cc1ccc2nc(-c3ccc(NC(=S)N4CC5(C)CC4CC(C)(C)C5)cc3)sc2c1. The van der Waals surface area contributed by atoms with Gasteiger partial charge in [0, 0.05) is 23.8 Å². The summed E-state index contributed by atoms with van der Waals surface area (Å²) in [6, 6.07) is 15.5. The summed E-state index contributed by atoms with van der Waals surface area (Å²) in [7, 11) is 0. The van der Waals surface area contributed by atoms with Crippen LogP contribution in [0.2, 0.25) is 0 Å². The van der Waals surface area contributed by atoms with E-state index in [1.54, 1.807) is 11.3 Å². The van der Waals surface area contributed by atoms with E-state index in [0.29, 0.717) is 16.9 Å². The van der Waals surface area contributed by atoms with E-state index in [2.05, 4.69) is 80.4 Å². The van der Waals surface area contributed by atoms with E-state index < -0.39 is 0 Å². The van der Waals surface area contributed by atoms with Gasteiger partial charge < -0.3 is 10.2 Å². The number of thiazole rings is 1. The molecule has 2 heterocycles. The zero-order chi connectivity index (χ0) is 21.1. The summed E-state index contributed by atoms with van der Waals surface area (Å²) < 4.78 is 1.24. The second kappa shape index (κ2) is 7.03. The quantitative estimate of drug-likeness (QED) is 0.445. The Bertz CT molecular complexity index is 1120. The molecule has 1 aliphatic carbocycles. The van der Waals surface area contributed by atoms with Crippen LogP contribution in [-0.4, -0.2) is 27.6 Å². The van der Waals surface area contributed by atoms with E-state index in [0.717, 1.165) is 33.4 Å². The van der Waals surface area contributed by atoms with Crippen molar-refractivity contribution in [2.75, 3.05) is 11.9 Å². The van der Waals surface area contributed by atoms with Crippen molar-refractivity contribution in [3.63, 3.8) is 0 Å². The average molecular weight is 436 g/mol. The number of rotatable bonds is 2. The highest BCUT2D eigenvalue weighted by molar-refractivity contribution is 7.80. The zero-order valence-electron chi connectivity index (χ0n) is 18.2. The topological polar surface area (TPSA) is 28.2 Å². The van der Waals surface area contributed by atoms with Crippen molar-refractivity contribution in [1.82, 2.24) is 9.88 Å². The second-order valence-corrected chi connectivity index (χ2v) is 11.8. The maximum absolute atomic E-state index is 5.83. The minimum absolute atomic E-state index is 0.382. The number of aryl methyl sites for hydroxylation is 1. The van der Waals surface area contributed by atoms with Crippen molar-refractivity contribution in [1.29, 1.82) is 0 Å². The number of hydrogen-bond donors (Lipinski definition) is 1. The molecule has 1 saturated heterocycles. The molecule has 2 atom stereocenters. The van der Waals surface area contributed by atoms with Crippen molar-refractivity contribution in [2.24, 2.45) is 10.8 Å². The molecule has 5 heteroatoms. The van der Waals surface area contributed by atoms with Gasteiger partial charge in [0.05, 0.1) is 10.2 Å². The summed E-state index contributed by atoms with van der Waals surface area (Å²) in [6.07, 6.45) is 3.76. The van der Waals surface area contributed by atoms with Gasteiger partial charge in [-0.15, -0.1) is 11.3 Å². The Morgan fingerprint density at radius 3 is 2.67 bits per heavy atom. The molecule has 0 amide bonds. The maximum atomic E-state index is 5.83. The van der Waals surface area contributed by atoms with Gasteiger partial charge in [0.2, 0.25) is 0 Å². The zero-order valence-corrected chi connectivity index (χ0v) is 19.8. The molecule has 3 nitrogen and oxygen atoms in total. The van der Waals surface area contributed by atoms with E-state index in [1.807, 2.05) is 0 Å². The molecule has 1 aromatic heterocycles. The lowest BCUT2D eigenvalue weighted by molar-refractivity contribution is 0.132. The fourth-order valence-corrected chi connectivity index (χ4v) is 7.14. The standard InChI is InChI=1S/C25H29N3S2/c1-16-5-10-20-21(11-16)30-22(27-20)17-6-8-18(9-7-17)26-23(29)28-15-25(4)13-19(28)12-24(2,3)14-25/h5-11,19H,12-15H2,1-4H3,(H,26,29). The Morgan fingerprint density at radius 2 is 1.90 bits per heavy atom. The number of hydrogen-bond acceptors (Lipinski definition) is 3. The number of aromatic nitrogens is 1. The largest absolute Gasteiger partial charge is 0.345 e. The van der Waals surface area contributed by atoms with Crippen LogP contribution in [0, 0.1) is 17.8 Å². The minimum atomic E-state index is 0.382. The third kappa shape index (κ3) is 3.74. The molecule has 2 fully saturated rings. The van der Waals surface area contributed by atoms with E-state index in [4.69, 9.17) is 17.2 Å². The number of nitrogens with one attached hydrogen (secondary N) is 1. The molecule has 3 aromatic rings. The lowest BCUT2D eigenvalue weighted by atomic mass is 9.65. The highest BCUT2D eigenvalue weighted by atomic mass is 32.1. The summed E-state index contributed by atoms with van der Waals surface area (Å²) in [5, 5.41) is 5.42. The molecule has 2 aliphatic rings. The summed E-state index contributed by atoms with van der Waals surface area (Å²) >= 11 is 7.58. The van der Waals surface area contributed by atoms with Crippen molar-refractivity contribution in [3.8, 4) is 10.6 Å². The lowest BCUT2D eigenvalue weighted by Crippen LogP contribution is -2.39. The predicted molar refractivity (Wildman–Crippen MR) is 132 cm³/mol. The maximum Gasteiger partial charge on any atom is 0.173 e. The average Bonchev–Trinajstić information content (AvgIpc) is 3.19. The molecule has 0 radical (unpaired) electrons. The number of nitrogens with zero attached hydrogens (tertiary/aromatic N) is 2. The Labute approximate surface area is 188 Å². The minimum Gasteiger partial charge on any atom is -0.345 e. The summed E-state index contributed by atoms with van der Waals surface area (Å²) in [4.78, 5) is 7.24. The molecule has 2 aromatic carbocycles. The first-order chi connectivity index (χ1) is 14.2. The molecule has 5 rings (SSSR count). The number of fused-ring (bicyclic) bond motifs is 3.